The average molecular weight is 346 g/mol. The molecule has 3 nitrogen and oxygen atoms in total. The lowest BCUT2D eigenvalue weighted by atomic mass is 10.2. The van der Waals surface area contributed by atoms with Crippen LogP contribution in [-0.2, 0) is 6.42 Å². The largest absolute Gasteiger partial charge is 0.316 e. The summed E-state index contributed by atoms with van der Waals surface area (Å²) in [6, 6.07) is 4.13. The summed E-state index contributed by atoms with van der Waals surface area (Å²) in [4.78, 5) is 1.18. The molecule has 0 aliphatic rings. The Labute approximate surface area is 124 Å². The normalized spacial score (nSPS) is 11.3. The topological polar surface area (TPSA) is 37.8 Å². The van der Waals surface area contributed by atoms with Gasteiger partial charge in [0.2, 0.25) is 0 Å². The van der Waals surface area contributed by atoms with Crippen molar-refractivity contribution in [2.45, 2.75) is 20.3 Å². The molecule has 0 atom stereocenters. The number of hydrogen-bond donors (Lipinski definition) is 1. The second-order valence-electron chi connectivity index (χ2n) is 4.45. The van der Waals surface area contributed by atoms with Crippen LogP contribution in [0.4, 0.5) is 0 Å². The van der Waals surface area contributed by atoms with Crippen LogP contribution in [0.3, 0.4) is 0 Å². The van der Waals surface area contributed by atoms with Crippen molar-refractivity contribution in [3.05, 3.63) is 20.9 Å². The van der Waals surface area contributed by atoms with Crippen molar-refractivity contribution in [2.24, 2.45) is 5.92 Å². The van der Waals surface area contributed by atoms with Gasteiger partial charge in [-0.2, -0.15) is 0 Å². The summed E-state index contributed by atoms with van der Waals surface area (Å²) >= 11 is 6.85. The summed E-state index contributed by atoms with van der Waals surface area (Å²) in [6.07, 6.45) is 0.955. The number of halogens is 1. The molecule has 18 heavy (non-hydrogen) atoms. The van der Waals surface area contributed by atoms with Crippen LogP contribution in [0.2, 0.25) is 0 Å². The summed E-state index contributed by atoms with van der Waals surface area (Å²) in [5.74, 6) is 0.693. The Morgan fingerprint density at radius 1 is 1.28 bits per heavy atom. The van der Waals surface area contributed by atoms with Crippen molar-refractivity contribution in [3.8, 4) is 9.88 Å². The zero-order chi connectivity index (χ0) is 13.0. The highest BCUT2D eigenvalue weighted by atomic mass is 79.9. The van der Waals surface area contributed by atoms with Crippen molar-refractivity contribution in [1.82, 2.24) is 15.5 Å². The van der Waals surface area contributed by atoms with E-state index < -0.39 is 0 Å². The van der Waals surface area contributed by atoms with Gasteiger partial charge in [-0.1, -0.05) is 25.2 Å². The van der Waals surface area contributed by atoms with E-state index in [1.807, 2.05) is 6.07 Å². The van der Waals surface area contributed by atoms with Gasteiger partial charge in [-0.25, -0.2) is 0 Å². The molecule has 2 heterocycles. The third-order valence-electron chi connectivity index (χ3n) is 2.32. The fourth-order valence-electron chi connectivity index (χ4n) is 1.47. The van der Waals surface area contributed by atoms with E-state index in [0.29, 0.717) is 5.92 Å². The van der Waals surface area contributed by atoms with Gasteiger partial charge in [0.25, 0.3) is 0 Å². The Morgan fingerprint density at radius 3 is 2.78 bits per heavy atom. The van der Waals surface area contributed by atoms with Crippen LogP contribution in [0.15, 0.2) is 15.9 Å². The van der Waals surface area contributed by atoms with Crippen LogP contribution in [-0.4, -0.2) is 23.3 Å². The molecular formula is C12H16BrN3S2. The van der Waals surface area contributed by atoms with Gasteiger partial charge in [-0.3, -0.25) is 0 Å². The predicted octanol–water partition coefficient (Wildman–Crippen LogP) is 3.82. The molecule has 2 aromatic rings. The first kappa shape index (κ1) is 14.1. The van der Waals surface area contributed by atoms with E-state index in [1.165, 1.54) is 4.88 Å². The molecule has 98 valence electrons. The van der Waals surface area contributed by atoms with E-state index in [1.54, 1.807) is 22.7 Å². The molecule has 2 aromatic heterocycles. The molecule has 1 N–H and O–H groups in total. The molecule has 0 bridgehead atoms. The third kappa shape index (κ3) is 4.12. The molecule has 0 aliphatic heterocycles. The molecule has 0 unspecified atom stereocenters. The van der Waals surface area contributed by atoms with Gasteiger partial charge in [0.1, 0.15) is 5.01 Å². The maximum Gasteiger partial charge on any atom is 0.157 e. The Morgan fingerprint density at radius 2 is 2.11 bits per heavy atom. The monoisotopic (exact) mass is 345 g/mol. The molecule has 2 rings (SSSR count). The minimum Gasteiger partial charge on any atom is -0.316 e. The number of nitrogens with zero attached hydrogens (tertiary/aromatic N) is 2. The van der Waals surface area contributed by atoms with Crippen molar-refractivity contribution in [1.29, 1.82) is 0 Å². The number of aromatic nitrogens is 2. The minimum absolute atomic E-state index is 0.693. The summed E-state index contributed by atoms with van der Waals surface area (Å²) in [5.41, 5.74) is 0. The van der Waals surface area contributed by atoms with Crippen molar-refractivity contribution in [2.75, 3.05) is 13.1 Å². The van der Waals surface area contributed by atoms with Gasteiger partial charge in [-0.15, -0.1) is 21.5 Å². The van der Waals surface area contributed by atoms with Crippen LogP contribution in [0.1, 0.15) is 18.9 Å². The second-order valence-corrected chi connectivity index (χ2v) is 7.98. The van der Waals surface area contributed by atoms with E-state index in [0.717, 1.165) is 33.3 Å². The van der Waals surface area contributed by atoms with Crippen molar-refractivity contribution in [3.63, 3.8) is 0 Å². The summed E-state index contributed by atoms with van der Waals surface area (Å²) in [5, 5.41) is 14.0. The lowest BCUT2D eigenvalue weighted by Gasteiger charge is -2.04. The van der Waals surface area contributed by atoms with E-state index >= 15 is 0 Å². The molecular weight excluding hydrogens is 330 g/mol. The molecule has 0 spiro atoms. The van der Waals surface area contributed by atoms with Crippen LogP contribution in [0.5, 0.6) is 0 Å². The zero-order valence-corrected chi connectivity index (χ0v) is 13.7. The molecule has 0 fully saturated rings. The zero-order valence-electron chi connectivity index (χ0n) is 10.4. The van der Waals surface area contributed by atoms with E-state index in [4.69, 9.17) is 0 Å². The maximum absolute atomic E-state index is 4.24. The van der Waals surface area contributed by atoms with Crippen molar-refractivity contribution >= 4 is 38.6 Å². The predicted molar refractivity (Wildman–Crippen MR) is 82.3 cm³/mol. The van der Waals surface area contributed by atoms with Gasteiger partial charge in [-0.05, 0) is 40.5 Å². The lowest BCUT2D eigenvalue weighted by Crippen LogP contribution is -2.22. The van der Waals surface area contributed by atoms with Crippen LogP contribution >= 0.6 is 38.6 Å². The highest BCUT2D eigenvalue weighted by molar-refractivity contribution is 9.11. The Balaban J connectivity index is 1.86. The van der Waals surface area contributed by atoms with Crippen LogP contribution < -0.4 is 5.32 Å². The number of hydrogen-bond acceptors (Lipinski definition) is 5. The van der Waals surface area contributed by atoms with Gasteiger partial charge < -0.3 is 5.32 Å². The third-order valence-corrected chi connectivity index (χ3v) is 5.09. The van der Waals surface area contributed by atoms with Gasteiger partial charge >= 0.3 is 0 Å². The van der Waals surface area contributed by atoms with Gasteiger partial charge in [0.15, 0.2) is 5.01 Å². The highest BCUT2D eigenvalue weighted by Crippen LogP contribution is 2.32. The van der Waals surface area contributed by atoms with E-state index in [2.05, 4.69) is 51.4 Å². The first-order chi connectivity index (χ1) is 8.65. The standard InChI is InChI=1S/C12H16BrN3S2/c1-8(2)7-14-6-5-11-15-16-12(18-11)9-3-4-10(13)17-9/h3-4,8,14H,5-7H2,1-2H3. The Hall–Kier alpha value is -0.300. The minimum atomic E-state index is 0.693. The second kappa shape index (κ2) is 6.75. The molecule has 0 aliphatic carbocycles. The lowest BCUT2D eigenvalue weighted by molar-refractivity contribution is 0.553. The van der Waals surface area contributed by atoms with Crippen LogP contribution in [0, 0.1) is 5.92 Å². The smallest absolute Gasteiger partial charge is 0.157 e. The molecule has 0 radical (unpaired) electrons. The summed E-state index contributed by atoms with van der Waals surface area (Å²) in [6.45, 7) is 6.46. The molecule has 0 saturated heterocycles. The van der Waals surface area contributed by atoms with Gasteiger partial charge in [0.05, 0.1) is 8.66 Å². The number of rotatable bonds is 6. The highest BCUT2D eigenvalue weighted by Gasteiger charge is 2.08. The Kier molecular flexibility index (Phi) is 5.29. The quantitative estimate of drug-likeness (QED) is 0.808. The fourth-order valence-corrected chi connectivity index (χ4v) is 3.74. The maximum atomic E-state index is 4.24. The van der Waals surface area contributed by atoms with E-state index in [-0.39, 0.29) is 0 Å². The SMILES string of the molecule is CC(C)CNCCc1nnc(-c2ccc(Br)s2)s1. The number of thiophene rings is 1. The van der Waals surface area contributed by atoms with Gasteiger partial charge in [0, 0.05) is 13.0 Å². The molecule has 6 heteroatoms. The Bertz CT molecular complexity index is 493. The summed E-state index contributed by atoms with van der Waals surface area (Å²) in [7, 11) is 0. The first-order valence-electron chi connectivity index (χ1n) is 5.94. The van der Waals surface area contributed by atoms with Crippen molar-refractivity contribution < 1.29 is 0 Å². The van der Waals surface area contributed by atoms with E-state index in [9.17, 15) is 0 Å². The average Bonchev–Trinajstić information content (AvgIpc) is 2.93. The first-order valence-corrected chi connectivity index (χ1v) is 8.36. The molecule has 0 aromatic carbocycles. The number of nitrogens with one attached hydrogen (secondary N) is 1. The molecule has 0 amide bonds. The van der Waals surface area contributed by atoms with Crippen LogP contribution in [0.25, 0.3) is 9.88 Å². The fraction of sp³-hybridized carbons (Fsp3) is 0.500. The molecule has 0 saturated carbocycles. The summed E-state index contributed by atoms with van der Waals surface area (Å²) < 4.78 is 1.13.